The van der Waals surface area contributed by atoms with Crippen molar-refractivity contribution in [3.63, 3.8) is 0 Å². The molecule has 1 aliphatic rings. The number of benzene rings is 2. The lowest BCUT2D eigenvalue weighted by atomic mass is 9.93. The molecule has 184 valence electrons. The number of carbonyl (C=O) groups excluding carboxylic acids is 1. The molecule has 2 aromatic heterocycles. The maximum absolute atomic E-state index is 13.3. The van der Waals surface area contributed by atoms with E-state index in [1.54, 1.807) is 23.5 Å². The highest BCUT2D eigenvalue weighted by Crippen LogP contribution is 2.30. The lowest BCUT2D eigenvalue weighted by molar-refractivity contribution is 0.0903. The topological polar surface area (TPSA) is 49.6 Å². The minimum absolute atomic E-state index is 0.0299. The van der Waals surface area contributed by atoms with Crippen molar-refractivity contribution < 1.29 is 9.18 Å². The summed E-state index contributed by atoms with van der Waals surface area (Å²) in [7, 11) is 0. The Morgan fingerprint density at radius 2 is 1.97 bits per heavy atom. The van der Waals surface area contributed by atoms with Crippen LogP contribution in [0.1, 0.15) is 62.7 Å². The van der Waals surface area contributed by atoms with Crippen molar-refractivity contribution in [1.82, 2.24) is 19.6 Å². The summed E-state index contributed by atoms with van der Waals surface area (Å²) >= 11 is 1.56. The largest absolute Gasteiger partial charge is 0.351 e. The van der Waals surface area contributed by atoms with Crippen LogP contribution >= 0.6 is 11.3 Å². The van der Waals surface area contributed by atoms with E-state index in [1.807, 2.05) is 28.8 Å². The molecule has 0 spiro atoms. The number of hydrogen-bond acceptors (Lipinski definition) is 4. The van der Waals surface area contributed by atoms with Crippen LogP contribution in [0.4, 0.5) is 4.39 Å². The fourth-order valence-electron chi connectivity index (χ4n) is 5.21. The first-order chi connectivity index (χ1) is 17.0. The van der Waals surface area contributed by atoms with Crippen molar-refractivity contribution in [2.75, 3.05) is 13.1 Å². The van der Waals surface area contributed by atoms with Crippen molar-refractivity contribution in [1.29, 1.82) is 0 Å². The SMILES string of the molecule is CC[C@H](C)N(CCNC(=O)c1ccc2c(c1)sc1nc(-c3ccc(F)cc3)cn12)C1CCCCC1. The maximum atomic E-state index is 13.3. The van der Waals surface area contributed by atoms with E-state index in [9.17, 15) is 9.18 Å². The third-order valence-electron chi connectivity index (χ3n) is 7.35. The average molecular weight is 493 g/mol. The Labute approximate surface area is 210 Å². The minimum atomic E-state index is -0.257. The van der Waals surface area contributed by atoms with Gasteiger partial charge in [0.05, 0.1) is 15.9 Å². The van der Waals surface area contributed by atoms with Crippen molar-refractivity contribution in [3.8, 4) is 11.3 Å². The van der Waals surface area contributed by atoms with E-state index in [2.05, 4.69) is 24.1 Å². The Morgan fingerprint density at radius 1 is 1.20 bits per heavy atom. The van der Waals surface area contributed by atoms with Crippen LogP contribution in [-0.2, 0) is 0 Å². The van der Waals surface area contributed by atoms with Gasteiger partial charge in [-0.1, -0.05) is 37.5 Å². The van der Waals surface area contributed by atoms with Gasteiger partial charge in [0.25, 0.3) is 5.91 Å². The normalized spacial score (nSPS) is 15.8. The molecule has 35 heavy (non-hydrogen) atoms. The van der Waals surface area contributed by atoms with E-state index in [-0.39, 0.29) is 11.7 Å². The second kappa shape index (κ2) is 10.5. The average Bonchev–Trinajstić information content (AvgIpc) is 3.45. The van der Waals surface area contributed by atoms with Crippen molar-refractivity contribution in [3.05, 3.63) is 60.0 Å². The summed E-state index contributed by atoms with van der Waals surface area (Å²) < 4.78 is 16.3. The van der Waals surface area contributed by atoms with Gasteiger partial charge in [-0.3, -0.25) is 14.1 Å². The summed E-state index contributed by atoms with van der Waals surface area (Å²) in [5.74, 6) is -0.287. The molecule has 2 aromatic carbocycles. The molecule has 1 fully saturated rings. The van der Waals surface area contributed by atoms with Gasteiger partial charge in [0.1, 0.15) is 5.82 Å². The van der Waals surface area contributed by atoms with Gasteiger partial charge in [-0.15, -0.1) is 0 Å². The first kappa shape index (κ1) is 23.9. The van der Waals surface area contributed by atoms with E-state index in [4.69, 9.17) is 4.98 Å². The van der Waals surface area contributed by atoms with Gasteiger partial charge in [0, 0.05) is 42.5 Å². The number of aromatic nitrogens is 2. The molecule has 1 aliphatic carbocycles. The third kappa shape index (κ3) is 5.11. The summed E-state index contributed by atoms with van der Waals surface area (Å²) in [6.45, 7) is 6.10. The Balaban J connectivity index is 1.26. The minimum Gasteiger partial charge on any atom is -0.351 e. The highest BCUT2D eigenvalue weighted by atomic mass is 32.1. The molecule has 0 radical (unpaired) electrons. The number of thiazole rings is 1. The highest BCUT2D eigenvalue weighted by molar-refractivity contribution is 7.23. The molecule has 5 nitrogen and oxygen atoms in total. The molecule has 5 rings (SSSR count). The smallest absolute Gasteiger partial charge is 0.251 e. The molecular weight excluding hydrogens is 459 g/mol. The second-order valence-electron chi connectivity index (χ2n) is 9.61. The monoisotopic (exact) mass is 492 g/mol. The lowest BCUT2D eigenvalue weighted by Crippen LogP contribution is -2.46. The zero-order chi connectivity index (χ0) is 24.4. The van der Waals surface area contributed by atoms with Crippen molar-refractivity contribution in [2.24, 2.45) is 0 Å². The van der Waals surface area contributed by atoms with E-state index < -0.39 is 0 Å². The fraction of sp³-hybridized carbons (Fsp3) is 0.429. The van der Waals surface area contributed by atoms with E-state index in [0.29, 0.717) is 24.2 Å². The molecule has 1 atom stereocenters. The first-order valence-electron chi connectivity index (χ1n) is 12.7. The van der Waals surface area contributed by atoms with Crippen LogP contribution in [0, 0.1) is 5.82 Å². The summed E-state index contributed by atoms with van der Waals surface area (Å²) in [4.78, 5) is 21.1. The number of nitrogens with one attached hydrogen (secondary N) is 1. The molecule has 1 N–H and O–H groups in total. The van der Waals surface area contributed by atoms with Crippen LogP contribution < -0.4 is 5.32 Å². The molecule has 0 aliphatic heterocycles. The van der Waals surface area contributed by atoms with Gasteiger partial charge in [-0.05, 0) is 68.7 Å². The number of carbonyl (C=O) groups is 1. The van der Waals surface area contributed by atoms with Gasteiger partial charge in [0.2, 0.25) is 0 Å². The van der Waals surface area contributed by atoms with Crippen molar-refractivity contribution in [2.45, 2.75) is 64.5 Å². The van der Waals surface area contributed by atoms with Gasteiger partial charge >= 0.3 is 0 Å². The molecule has 0 bridgehead atoms. The van der Waals surface area contributed by atoms with Crippen LogP contribution in [-0.4, -0.2) is 45.4 Å². The molecule has 7 heteroatoms. The quantitative estimate of drug-likeness (QED) is 0.305. The van der Waals surface area contributed by atoms with Gasteiger partial charge < -0.3 is 5.32 Å². The molecule has 0 unspecified atom stereocenters. The summed E-state index contributed by atoms with van der Waals surface area (Å²) in [5.41, 5.74) is 3.38. The van der Waals surface area contributed by atoms with Crippen LogP contribution in [0.25, 0.3) is 26.4 Å². The molecule has 2 heterocycles. The Bertz CT molecular complexity index is 1310. The predicted octanol–water partition coefficient (Wildman–Crippen LogP) is 6.52. The zero-order valence-corrected chi connectivity index (χ0v) is 21.3. The Hall–Kier alpha value is -2.77. The van der Waals surface area contributed by atoms with Crippen LogP contribution in [0.5, 0.6) is 0 Å². The molecular formula is C28H33FN4OS. The fourth-order valence-corrected chi connectivity index (χ4v) is 6.26. The molecule has 0 saturated heterocycles. The van der Waals surface area contributed by atoms with Gasteiger partial charge in [-0.2, -0.15) is 0 Å². The number of fused-ring (bicyclic) bond motifs is 3. The van der Waals surface area contributed by atoms with E-state index in [0.717, 1.165) is 39.4 Å². The van der Waals surface area contributed by atoms with Crippen LogP contribution in [0.3, 0.4) is 0 Å². The highest BCUT2D eigenvalue weighted by Gasteiger charge is 2.24. The summed E-state index contributed by atoms with van der Waals surface area (Å²) in [6, 6.07) is 13.4. The number of imidazole rings is 1. The number of halogens is 1. The number of hydrogen-bond donors (Lipinski definition) is 1. The standard InChI is InChI=1S/C28H33FN4OS/c1-3-19(2)32(23-7-5-4-6-8-23)16-15-30-27(34)21-11-14-25-26(17-21)35-28-31-24(18-33(25)28)20-9-12-22(29)13-10-20/h9-14,17-19,23H,3-8,15-16H2,1-2H3,(H,30,34)/t19-/m0/s1. The third-order valence-corrected chi connectivity index (χ3v) is 8.37. The lowest BCUT2D eigenvalue weighted by Gasteiger charge is -2.38. The summed E-state index contributed by atoms with van der Waals surface area (Å²) in [5, 5.41) is 3.15. The first-order valence-corrected chi connectivity index (χ1v) is 13.6. The van der Waals surface area contributed by atoms with Crippen LogP contribution in [0.2, 0.25) is 0 Å². The zero-order valence-electron chi connectivity index (χ0n) is 20.5. The van der Waals surface area contributed by atoms with E-state index >= 15 is 0 Å². The van der Waals surface area contributed by atoms with Gasteiger partial charge in [0.15, 0.2) is 4.96 Å². The van der Waals surface area contributed by atoms with Gasteiger partial charge in [-0.25, -0.2) is 9.37 Å². The number of nitrogens with zero attached hydrogens (tertiary/aromatic N) is 3. The molecule has 1 amide bonds. The van der Waals surface area contributed by atoms with Crippen LogP contribution in [0.15, 0.2) is 48.7 Å². The maximum Gasteiger partial charge on any atom is 0.251 e. The van der Waals surface area contributed by atoms with E-state index in [1.165, 1.54) is 44.2 Å². The summed E-state index contributed by atoms with van der Waals surface area (Å²) in [6.07, 6.45) is 9.64. The predicted molar refractivity (Wildman–Crippen MR) is 142 cm³/mol. The Kier molecular flexibility index (Phi) is 7.16. The second-order valence-corrected chi connectivity index (χ2v) is 10.6. The number of rotatable bonds is 8. The molecule has 4 aromatic rings. The molecule has 1 saturated carbocycles. The Morgan fingerprint density at radius 3 is 2.71 bits per heavy atom. The number of amides is 1. The van der Waals surface area contributed by atoms with Crippen molar-refractivity contribution >= 4 is 32.4 Å².